The van der Waals surface area contributed by atoms with Gasteiger partial charge >= 0.3 is 5.97 Å². The highest BCUT2D eigenvalue weighted by Crippen LogP contribution is 2.39. The molecule has 0 bridgehead atoms. The van der Waals surface area contributed by atoms with Gasteiger partial charge in [-0.2, -0.15) is 4.91 Å². The van der Waals surface area contributed by atoms with Crippen molar-refractivity contribution in [1.29, 1.82) is 0 Å². The normalized spacial score (nSPS) is 22.4. The van der Waals surface area contributed by atoms with Crippen molar-refractivity contribution in [2.24, 2.45) is 17.0 Å². The maximum absolute atomic E-state index is 14.0. The standard InChI is InChI=1S/C26H37FN2O4/c1-26(28-2,16-14-19-10-8-9-12-22(19)27)17-15-20-21(24(30)18-23(20)29-32)11-6-4-5-7-13-25(31)33-3/h4,6,8-10,12,20-21,23,28H,5,7,11,13-18H2,1-3H3. The first-order valence-corrected chi connectivity index (χ1v) is 11.8. The third kappa shape index (κ3) is 8.14. The highest BCUT2D eigenvalue weighted by Gasteiger charge is 2.43. The zero-order chi connectivity index (χ0) is 24.3. The van der Waals surface area contributed by atoms with Crippen molar-refractivity contribution in [2.75, 3.05) is 14.2 Å². The summed E-state index contributed by atoms with van der Waals surface area (Å²) in [6.07, 6.45) is 9.40. The number of hydrogen-bond donors (Lipinski definition) is 1. The molecule has 182 valence electrons. The monoisotopic (exact) mass is 460 g/mol. The van der Waals surface area contributed by atoms with Crippen molar-refractivity contribution in [3.63, 3.8) is 0 Å². The van der Waals surface area contributed by atoms with Crippen molar-refractivity contribution in [1.82, 2.24) is 5.32 Å². The van der Waals surface area contributed by atoms with Crippen LogP contribution in [0.2, 0.25) is 0 Å². The number of carbonyl (C=O) groups is 2. The number of halogens is 1. The quantitative estimate of drug-likeness (QED) is 0.180. The molecule has 6 nitrogen and oxygen atoms in total. The second-order valence-electron chi connectivity index (χ2n) is 9.23. The second kappa shape index (κ2) is 13.3. The zero-order valence-electron chi connectivity index (χ0n) is 20.0. The van der Waals surface area contributed by atoms with Gasteiger partial charge in [-0.25, -0.2) is 4.39 Å². The summed E-state index contributed by atoms with van der Waals surface area (Å²) >= 11 is 0. The van der Waals surface area contributed by atoms with Crippen molar-refractivity contribution < 1.29 is 18.7 Å². The average Bonchev–Trinajstić information content (AvgIpc) is 3.13. The number of ketones is 1. The summed E-state index contributed by atoms with van der Waals surface area (Å²) in [5.74, 6) is -0.618. The van der Waals surface area contributed by atoms with Crippen LogP contribution in [0.1, 0.15) is 63.9 Å². The highest BCUT2D eigenvalue weighted by molar-refractivity contribution is 5.84. The molecule has 4 unspecified atom stereocenters. The molecule has 4 atom stereocenters. The number of nitrogens with zero attached hydrogens (tertiary/aromatic N) is 1. The van der Waals surface area contributed by atoms with E-state index in [1.165, 1.54) is 13.2 Å². The van der Waals surface area contributed by atoms with Gasteiger partial charge in [0.1, 0.15) is 17.6 Å². The molecule has 0 saturated heterocycles. The first-order valence-electron chi connectivity index (χ1n) is 11.8. The fourth-order valence-electron chi connectivity index (χ4n) is 4.63. The van der Waals surface area contributed by atoms with Crippen molar-refractivity contribution >= 4 is 11.8 Å². The lowest BCUT2D eigenvalue weighted by Crippen LogP contribution is -2.41. The van der Waals surface area contributed by atoms with E-state index in [1.807, 2.05) is 25.3 Å². The minimum absolute atomic E-state index is 0.0872. The van der Waals surface area contributed by atoms with E-state index in [2.05, 4.69) is 22.2 Å². The van der Waals surface area contributed by atoms with Crippen LogP contribution in [0.15, 0.2) is 41.6 Å². The summed E-state index contributed by atoms with van der Waals surface area (Å²) < 4.78 is 18.6. The number of allylic oxidation sites excluding steroid dienone is 2. The number of rotatable bonds is 14. The fourth-order valence-corrected chi connectivity index (χ4v) is 4.63. The average molecular weight is 461 g/mol. The molecule has 0 spiro atoms. The Balaban J connectivity index is 1.93. The Morgan fingerprint density at radius 2 is 2.06 bits per heavy atom. The highest BCUT2D eigenvalue weighted by atomic mass is 19.1. The predicted octanol–water partition coefficient (Wildman–Crippen LogP) is 5.15. The number of carbonyl (C=O) groups excluding carboxylic acids is 2. The van der Waals surface area contributed by atoms with Gasteiger partial charge < -0.3 is 10.1 Å². The van der Waals surface area contributed by atoms with Crippen LogP contribution in [0.4, 0.5) is 4.39 Å². The summed E-state index contributed by atoms with van der Waals surface area (Å²) in [6.45, 7) is 2.10. The number of Topliss-reactive ketones (excluding diaryl/α,β-unsaturated/α-hetero) is 1. The van der Waals surface area contributed by atoms with E-state index >= 15 is 0 Å². The van der Waals surface area contributed by atoms with Gasteiger partial charge in [0.15, 0.2) is 0 Å². The van der Waals surface area contributed by atoms with E-state index in [0.29, 0.717) is 37.7 Å². The third-order valence-electron chi connectivity index (χ3n) is 7.04. The first-order chi connectivity index (χ1) is 15.8. The van der Waals surface area contributed by atoms with Gasteiger partial charge in [0.05, 0.1) is 7.11 Å². The van der Waals surface area contributed by atoms with Gasteiger partial charge in [-0.05, 0) is 76.5 Å². The maximum atomic E-state index is 14.0. The van der Waals surface area contributed by atoms with Crippen LogP contribution in [-0.2, 0) is 20.7 Å². The molecule has 1 aromatic carbocycles. The molecule has 0 amide bonds. The Morgan fingerprint density at radius 1 is 1.30 bits per heavy atom. The molecule has 1 aliphatic rings. The van der Waals surface area contributed by atoms with Crippen LogP contribution < -0.4 is 5.32 Å². The van der Waals surface area contributed by atoms with Crippen molar-refractivity contribution in [3.05, 3.63) is 52.7 Å². The summed E-state index contributed by atoms with van der Waals surface area (Å²) in [6, 6.07) is 6.33. The van der Waals surface area contributed by atoms with E-state index in [-0.39, 0.29) is 41.4 Å². The van der Waals surface area contributed by atoms with Crippen LogP contribution >= 0.6 is 0 Å². The molecular formula is C26H37FN2O4. The number of hydrogen-bond acceptors (Lipinski definition) is 6. The Morgan fingerprint density at radius 3 is 2.73 bits per heavy atom. The van der Waals surface area contributed by atoms with Crippen molar-refractivity contribution in [3.8, 4) is 0 Å². The molecule has 1 N–H and O–H groups in total. The Kier molecular flexibility index (Phi) is 10.8. The molecule has 0 aliphatic heterocycles. The molecular weight excluding hydrogens is 423 g/mol. The minimum atomic E-state index is -0.483. The lowest BCUT2D eigenvalue weighted by atomic mass is 9.80. The molecule has 0 aromatic heterocycles. The van der Waals surface area contributed by atoms with Gasteiger partial charge in [0, 0.05) is 24.3 Å². The Hall–Kier alpha value is -2.41. The number of esters is 1. The molecule has 1 aliphatic carbocycles. The summed E-state index contributed by atoms with van der Waals surface area (Å²) in [4.78, 5) is 35.2. The summed E-state index contributed by atoms with van der Waals surface area (Å²) in [5.41, 5.74) is 0.452. The van der Waals surface area contributed by atoms with E-state index < -0.39 is 6.04 Å². The maximum Gasteiger partial charge on any atom is 0.305 e. The van der Waals surface area contributed by atoms with Gasteiger partial charge in [-0.1, -0.05) is 35.5 Å². The number of benzene rings is 1. The van der Waals surface area contributed by atoms with Crippen molar-refractivity contribution in [2.45, 2.75) is 76.3 Å². The van der Waals surface area contributed by atoms with Gasteiger partial charge in [-0.3, -0.25) is 9.59 Å². The number of nitrogens with one attached hydrogen (secondary N) is 1. The second-order valence-corrected chi connectivity index (χ2v) is 9.23. The van der Waals surface area contributed by atoms with Gasteiger partial charge in [0.2, 0.25) is 0 Å². The number of ether oxygens (including phenoxy) is 1. The van der Waals surface area contributed by atoms with E-state index in [1.54, 1.807) is 12.1 Å². The van der Waals surface area contributed by atoms with Gasteiger partial charge in [0.25, 0.3) is 0 Å². The minimum Gasteiger partial charge on any atom is -0.469 e. The molecule has 7 heteroatoms. The van der Waals surface area contributed by atoms with Crippen LogP contribution in [0, 0.1) is 22.6 Å². The van der Waals surface area contributed by atoms with Crippen LogP contribution in [-0.4, -0.2) is 37.5 Å². The lowest BCUT2D eigenvalue weighted by molar-refractivity contribution is -0.140. The molecule has 1 aromatic rings. The molecule has 0 radical (unpaired) electrons. The molecule has 1 saturated carbocycles. The fraction of sp³-hybridized carbons (Fsp3) is 0.615. The van der Waals surface area contributed by atoms with Crippen LogP contribution in [0.3, 0.4) is 0 Å². The molecule has 0 heterocycles. The SMILES string of the molecule is CNC(C)(CCc1ccccc1F)CCC1C(N=O)CC(=O)C1CC=CCCCC(=O)OC. The van der Waals surface area contributed by atoms with E-state index in [0.717, 1.165) is 19.3 Å². The Bertz CT molecular complexity index is 828. The van der Waals surface area contributed by atoms with Gasteiger partial charge in [-0.15, -0.1) is 0 Å². The predicted molar refractivity (Wildman–Crippen MR) is 127 cm³/mol. The molecule has 2 rings (SSSR count). The lowest BCUT2D eigenvalue weighted by Gasteiger charge is -2.32. The van der Waals surface area contributed by atoms with Crippen LogP contribution in [0.5, 0.6) is 0 Å². The smallest absolute Gasteiger partial charge is 0.305 e. The largest absolute Gasteiger partial charge is 0.469 e. The summed E-state index contributed by atoms with van der Waals surface area (Å²) in [5, 5.41) is 6.63. The summed E-state index contributed by atoms with van der Waals surface area (Å²) in [7, 11) is 3.27. The topological polar surface area (TPSA) is 84.8 Å². The number of aryl methyl sites for hydroxylation is 1. The number of methoxy groups -OCH3 is 1. The van der Waals surface area contributed by atoms with E-state index in [4.69, 9.17) is 0 Å². The molecule has 1 fully saturated rings. The van der Waals surface area contributed by atoms with Crippen LogP contribution in [0.25, 0.3) is 0 Å². The molecule has 33 heavy (non-hydrogen) atoms. The Labute approximate surface area is 196 Å². The first kappa shape index (κ1) is 26.8. The third-order valence-corrected chi connectivity index (χ3v) is 7.04. The van der Waals surface area contributed by atoms with E-state index in [9.17, 15) is 18.9 Å². The zero-order valence-corrected chi connectivity index (χ0v) is 20.0. The number of unbranched alkanes of at least 4 members (excludes halogenated alkanes) is 1. The number of nitroso groups, excluding NO2 is 1.